The molecule has 2 fully saturated rings. The van der Waals surface area contributed by atoms with E-state index in [9.17, 15) is 5.11 Å². The number of aliphatic hydroxyl groups is 1. The Bertz CT molecular complexity index is 209. The molecule has 17 heavy (non-hydrogen) atoms. The molecule has 2 aliphatic carbocycles. The molecule has 2 rings (SSSR count). The van der Waals surface area contributed by atoms with E-state index < -0.39 is 0 Å². The molecule has 0 bridgehead atoms. The van der Waals surface area contributed by atoms with Crippen LogP contribution < -0.4 is 0 Å². The highest BCUT2D eigenvalue weighted by molar-refractivity contribution is 4.77. The second kappa shape index (κ2) is 6.75. The van der Waals surface area contributed by atoms with Crippen LogP contribution in [0, 0.1) is 11.8 Å². The van der Waals surface area contributed by atoms with Crippen molar-refractivity contribution in [1.82, 2.24) is 4.90 Å². The number of aliphatic hydroxyl groups excluding tert-OH is 1. The quantitative estimate of drug-likeness (QED) is 0.738. The molecule has 0 amide bonds. The predicted octanol–water partition coefficient (Wildman–Crippen LogP) is 3.05. The molecule has 0 heterocycles. The maximum atomic E-state index is 10.2. The summed E-state index contributed by atoms with van der Waals surface area (Å²) in [5, 5.41) is 10.2. The summed E-state index contributed by atoms with van der Waals surface area (Å²) in [6.45, 7) is 5.45. The second-order valence-electron chi connectivity index (χ2n) is 6.19. The average Bonchev–Trinajstić information content (AvgIpc) is 2.74. The van der Waals surface area contributed by atoms with E-state index in [0.29, 0.717) is 0 Å². The van der Waals surface area contributed by atoms with Crippen molar-refractivity contribution in [3.8, 4) is 0 Å². The number of hydrogen-bond acceptors (Lipinski definition) is 2. The lowest BCUT2D eigenvalue weighted by atomic mass is 9.85. The minimum Gasteiger partial charge on any atom is -0.392 e. The molecule has 0 aromatic heterocycles. The van der Waals surface area contributed by atoms with E-state index in [-0.39, 0.29) is 6.10 Å². The Morgan fingerprint density at radius 1 is 1.06 bits per heavy atom. The Labute approximate surface area is 106 Å². The smallest absolute Gasteiger partial charge is 0.0669 e. The van der Waals surface area contributed by atoms with Crippen LogP contribution in [0.3, 0.4) is 0 Å². The van der Waals surface area contributed by atoms with Gasteiger partial charge in [0.2, 0.25) is 0 Å². The van der Waals surface area contributed by atoms with Crippen molar-refractivity contribution in [2.75, 3.05) is 19.6 Å². The summed E-state index contributed by atoms with van der Waals surface area (Å²) in [5.74, 6) is 1.74. The second-order valence-corrected chi connectivity index (χ2v) is 6.19. The first-order valence-electron chi connectivity index (χ1n) is 7.68. The summed E-state index contributed by atoms with van der Waals surface area (Å²) in [5.41, 5.74) is 0. The fourth-order valence-corrected chi connectivity index (χ4v) is 3.38. The number of nitrogens with zero attached hydrogens (tertiary/aromatic N) is 1. The predicted molar refractivity (Wildman–Crippen MR) is 72.0 cm³/mol. The summed E-state index contributed by atoms with van der Waals surface area (Å²) >= 11 is 0. The molecule has 0 radical (unpaired) electrons. The van der Waals surface area contributed by atoms with Crippen LogP contribution in [0.5, 0.6) is 0 Å². The van der Waals surface area contributed by atoms with E-state index in [4.69, 9.17) is 0 Å². The molecule has 1 N–H and O–H groups in total. The largest absolute Gasteiger partial charge is 0.392 e. The number of rotatable bonds is 7. The van der Waals surface area contributed by atoms with Crippen molar-refractivity contribution in [2.45, 2.75) is 64.4 Å². The van der Waals surface area contributed by atoms with Gasteiger partial charge in [0, 0.05) is 13.1 Å². The van der Waals surface area contributed by atoms with Crippen LogP contribution in [0.1, 0.15) is 58.3 Å². The summed E-state index contributed by atoms with van der Waals surface area (Å²) in [6, 6.07) is 0. The van der Waals surface area contributed by atoms with Crippen molar-refractivity contribution < 1.29 is 5.11 Å². The van der Waals surface area contributed by atoms with Gasteiger partial charge in [0.15, 0.2) is 0 Å². The first-order chi connectivity index (χ1) is 8.28. The standard InChI is InChI=1S/C15H29NO/c1-2-16(11-14-8-5-9-14)12-15(17)10-13-6-3-4-7-13/h13-15,17H,2-12H2,1H3. The highest BCUT2D eigenvalue weighted by atomic mass is 16.3. The van der Waals surface area contributed by atoms with Crippen LogP contribution in [0.15, 0.2) is 0 Å². The van der Waals surface area contributed by atoms with E-state index >= 15 is 0 Å². The minimum absolute atomic E-state index is 0.0851. The third kappa shape index (κ3) is 4.26. The van der Waals surface area contributed by atoms with E-state index in [0.717, 1.165) is 31.3 Å². The molecular formula is C15H29NO. The van der Waals surface area contributed by atoms with Crippen molar-refractivity contribution in [3.63, 3.8) is 0 Å². The zero-order valence-corrected chi connectivity index (χ0v) is 11.4. The van der Waals surface area contributed by atoms with Gasteiger partial charge in [0.25, 0.3) is 0 Å². The SMILES string of the molecule is CCN(CC(O)CC1CCCC1)CC1CCC1. The van der Waals surface area contributed by atoms with Crippen molar-refractivity contribution in [2.24, 2.45) is 11.8 Å². The Morgan fingerprint density at radius 3 is 2.24 bits per heavy atom. The third-order valence-corrected chi connectivity index (χ3v) is 4.74. The molecule has 2 heteroatoms. The van der Waals surface area contributed by atoms with Gasteiger partial charge in [-0.1, -0.05) is 39.0 Å². The zero-order chi connectivity index (χ0) is 12.1. The molecule has 0 aromatic rings. The van der Waals surface area contributed by atoms with Gasteiger partial charge in [0.1, 0.15) is 0 Å². The van der Waals surface area contributed by atoms with E-state index in [1.165, 1.54) is 51.5 Å². The number of likely N-dealkylation sites (N-methyl/N-ethyl adjacent to an activating group) is 1. The minimum atomic E-state index is -0.0851. The van der Waals surface area contributed by atoms with E-state index in [1.807, 2.05) is 0 Å². The normalized spacial score (nSPS) is 24.2. The lowest BCUT2D eigenvalue weighted by Crippen LogP contribution is -2.38. The topological polar surface area (TPSA) is 23.5 Å². The van der Waals surface area contributed by atoms with Crippen LogP contribution in [0.25, 0.3) is 0 Å². The van der Waals surface area contributed by atoms with Crippen LogP contribution in [0.4, 0.5) is 0 Å². The van der Waals surface area contributed by atoms with E-state index in [2.05, 4.69) is 11.8 Å². The van der Waals surface area contributed by atoms with Gasteiger partial charge in [-0.15, -0.1) is 0 Å². The van der Waals surface area contributed by atoms with Gasteiger partial charge in [-0.05, 0) is 37.6 Å². The summed E-state index contributed by atoms with van der Waals surface area (Å²) < 4.78 is 0. The molecule has 0 saturated heterocycles. The van der Waals surface area contributed by atoms with Crippen molar-refractivity contribution in [1.29, 1.82) is 0 Å². The summed E-state index contributed by atoms with van der Waals surface area (Å²) in [7, 11) is 0. The third-order valence-electron chi connectivity index (χ3n) is 4.74. The molecule has 100 valence electrons. The fourth-order valence-electron chi connectivity index (χ4n) is 3.38. The van der Waals surface area contributed by atoms with Gasteiger partial charge in [-0.2, -0.15) is 0 Å². The van der Waals surface area contributed by atoms with Crippen molar-refractivity contribution in [3.05, 3.63) is 0 Å². The van der Waals surface area contributed by atoms with Crippen LogP contribution in [0.2, 0.25) is 0 Å². The van der Waals surface area contributed by atoms with Crippen LogP contribution in [-0.4, -0.2) is 35.7 Å². The molecule has 0 spiro atoms. The van der Waals surface area contributed by atoms with E-state index in [1.54, 1.807) is 0 Å². The maximum absolute atomic E-state index is 10.2. The summed E-state index contributed by atoms with van der Waals surface area (Å²) in [6.07, 6.45) is 10.7. The Morgan fingerprint density at radius 2 is 1.71 bits per heavy atom. The molecule has 1 atom stereocenters. The average molecular weight is 239 g/mol. The maximum Gasteiger partial charge on any atom is 0.0669 e. The Kier molecular flexibility index (Phi) is 5.30. The van der Waals surface area contributed by atoms with Crippen molar-refractivity contribution >= 4 is 0 Å². The fraction of sp³-hybridized carbons (Fsp3) is 1.00. The number of hydrogen-bond donors (Lipinski definition) is 1. The van der Waals surface area contributed by atoms with Gasteiger partial charge < -0.3 is 10.0 Å². The Balaban J connectivity index is 1.65. The van der Waals surface area contributed by atoms with Gasteiger partial charge in [0.05, 0.1) is 6.10 Å². The van der Waals surface area contributed by atoms with Gasteiger partial charge in [-0.3, -0.25) is 0 Å². The lowest BCUT2D eigenvalue weighted by Gasteiger charge is -2.33. The Hall–Kier alpha value is -0.0800. The van der Waals surface area contributed by atoms with Crippen LogP contribution >= 0.6 is 0 Å². The molecule has 2 aliphatic rings. The van der Waals surface area contributed by atoms with Gasteiger partial charge >= 0.3 is 0 Å². The zero-order valence-electron chi connectivity index (χ0n) is 11.4. The molecule has 0 aliphatic heterocycles. The highest BCUT2D eigenvalue weighted by Gasteiger charge is 2.23. The molecular weight excluding hydrogens is 210 g/mol. The van der Waals surface area contributed by atoms with Crippen LogP contribution in [-0.2, 0) is 0 Å². The van der Waals surface area contributed by atoms with Gasteiger partial charge in [-0.25, -0.2) is 0 Å². The highest BCUT2D eigenvalue weighted by Crippen LogP contribution is 2.29. The molecule has 1 unspecified atom stereocenters. The first-order valence-corrected chi connectivity index (χ1v) is 7.68. The summed E-state index contributed by atoms with van der Waals surface area (Å²) in [4.78, 5) is 2.46. The molecule has 2 nitrogen and oxygen atoms in total. The lowest BCUT2D eigenvalue weighted by molar-refractivity contribution is 0.0773. The molecule has 0 aromatic carbocycles. The monoisotopic (exact) mass is 239 g/mol. The molecule has 2 saturated carbocycles. The first kappa shape index (κ1) is 13.4.